The van der Waals surface area contributed by atoms with Crippen LogP contribution in [0.1, 0.15) is 28.4 Å². The van der Waals surface area contributed by atoms with Crippen LogP contribution in [0.15, 0.2) is 91.3 Å². The Labute approximate surface area is 170 Å². The molecule has 1 heterocycles. The van der Waals surface area contributed by atoms with Gasteiger partial charge in [-0.15, -0.1) is 0 Å². The van der Waals surface area contributed by atoms with Gasteiger partial charge < -0.3 is 10.1 Å². The number of aromatic nitrogens is 1. The number of ether oxygens (including phenoxy) is 1. The van der Waals surface area contributed by atoms with E-state index in [9.17, 15) is 4.79 Å². The van der Waals surface area contributed by atoms with Gasteiger partial charge in [-0.25, -0.2) is 0 Å². The number of anilines is 1. The molecule has 3 aromatic carbocycles. The number of carbonyl (C=O) groups excluding carboxylic acids is 1. The summed E-state index contributed by atoms with van der Waals surface area (Å²) in [5.74, 6) is 0.810. The quantitative estimate of drug-likeness (QED) is 0.419. The van der Waals surface area contributed by atoms with Crippen molar-refractivity contribution in [1.82, 2.24) is 4.98 Å². The van der Waals surface area contributed by atoms with Crippen LogP contribution in [0.4, 0.5) is 5.69 Å². The van der Waals surface area contributed by atoms with Crippen molar-refractivity contribution >= 4 is 22.2 Å². The minimum atomic E-state index is -0.159. The Bertz CT molecular complexity index is 1110. The largest absolute Gasteiger partial charge is 0.497 e. The highest BCUT2D eigenvalue weighted by molar-refractivity contribution is 5.97. The average Bonchev–Trinajstić information content (AvgIpc) is 2.79. The van der Waals surface area contributed by atoms with Gasteiger partial charge in [-0.1, -0.05) is 30.3 Å². The van der Waals surface area contributed by atoms with E-state index in [-0.39, 0.29) is 11.8 Å². The number of nitrogens with zero attached hydrogens (tertiary/aromatic N) is 1. The first-order valence-corrected chi connectivity index (χ1v) is 9.55. The van der Waals surface area contributed by atoms with Gasteiger partial charge in [0.1, 0.15) is 5.75 Å². The molecule has 0 spiro atoms. The number of methoxy groups -OCH3 is 1. The summed E-state index contributed by atoms with van der Waals surface area (Å²) in [6.45, 7) is 0. The van der Waals surface area contributed by atoms with Gasteiger partial charge in [0.2, 0.25) is 0 Å². The molecule has 1 N–H and O–H groups in total. The number of pyridine rings is 1. The highest BCUT2D eigenvalue weighted by atomic mass is 16.5. The summed E-state index contributed by atoms with van der Waals surface area (Å²) < 4.78 is 5.18. The van der Waals surface area contributed by atoms with Crippen LogP contribution >= 0.6 is 0 Å². The van der Waals surface area contributed by atoms with Gasteiger partial charge in [0.25, 0.3) is 0 Å². The predicted octanol–water partition coefficient (Wildman–Crippen LogP) is 5.67. The molecule has 0 aliphatic heterocycles. The number of fused-ring (bicyclic) bond motifs is 1. The van der Waals surface area contributed by atoms with Crippen molar-refractivity contribution in [1.29, 1.82) is 0 Å². The molecule has 1 aromatic heterocycles. The molecule has 1 atom stereocenters. The molecular weight excluding hydrogens is 360 g/mol. The minimum Gasteiger partial charge on any atom is -0.497 e. The molecule has 0 saturated heterocycles. The van der Waals surface area contributed by atoms with Crippen LogP contribution in [0, 0.1) is 0 Å². The zero-order valence-corrected chi connectivity index (χ0v) is 16.2. The zero-order chi connectivity index (χ0) is 20.1. The van der Waals surface area contributed by atoms with Crippen LogP contribution in [0.2, 0.25) is 0 Å². The third-order valence-corrected chi connectivity index (χ3v) is 5.00. The number of nitrogens with one attached hydrogen (secondary N) is 1. The summed E-state index contributed by atoms with van der Waals surface area (Å²) in [4.78, 5) is 17.0. The SMILES string of the molecule is COc1ccc(C(=O)C[C@@H](Nc2ccc3ccccc3c2)c2ccncc2)cc1. The van der Waals surface area contributed by atoms with Crippen molar-refractivity contribution in [2.75, 3.05) is 12.4 Å². The summed E-state index contributed by atoms with van der Waals surface area (Å²) >= 11 is 0. The van der Waals surface area contributed by atoms with E-state index in [1.54, 1.807) is 31.6 Å². The first-order valence-electron chi connectivity index (χ1n) is 9.55. The lowest BCUT2D eigenvalue weighted by Gasteiger charge is -2.20. The second-order valence-corrected chi connectivity index (χ2v) is 6.90. The number of hydrogen-bond acceptors (Lipinski definition) is 4. The van der Waals surface area contributed by atoms with Crippen molar-refractivity contribution in [3.8, 4) is 5.75 Å². The van der Waals surface area contributed by atoms with Crippen LogP contribution in [-0.4, -0.2) is 17.9 Å². The lowest BCUT2D eigenvalue weighted by molar-refractivity contribution is 0.0976. The Morgan fingerprint density at radius 1 is 0.931 bits per heavy atom. The third kappa shape index (κ3) is 4.43. The van der Waals surface area contributed by atoms with Crippen molar-refractivity contribution < 1.29 is 9.53 Å². The lowest BCUT2D eigenvalue weighted by atomic mass is 9.98. The van der Waals surface area contributed by atoms with E-state index in [0.717, 1.165) is 22.4 Å². The Morgan fingerprint density at radius 3 is 2.38 bits per heavy atom. The first kappa shape index (κ1) is 18.7. The van der Waals surface area contributed by atoms with Gasteiger partial charge in [0.15, 0.2) is 5.78 Å². The molecule has 4 aromatic rings. The van der Waals surface area contributed by atoms with E-state index in [4.69, 9.17) is 4.74 Å². The third-order valence-electron chi connectivity index (χ3n) is 5.00. The standard InChI is InChI=1S/C25H22N2O2/c1-29-23-10-7-20(8-11-23)25(28)17-24(19-12-14-26-15-13-19)27-22-9-6-18-4-2-3-5-21(18)16-22/h2-16,24,27H,17H2,1H3/t24-/m1/s1. The van der Waals surface area contributed by atoms with E-state index in [1.807, 2.05) is 42.5 Å². The van der Waals surface area contributed by atoms with Crippen LogP contribution in [0.25, 0.3) is 10.8 Å². The molecule has 0 bridgehead atoms. The van der Waals surface area contributed by atoms with Gasteiger partial charge in [0, 0.05) is 30.1 Å². The molecule has 4 heteroatoms. The first-order chi connectivity index (χ1) is 14.2. The molecule has 0 aliphatic rings. The lowest BCUT2D eigenvalue weighted by Crippen LogP contribution is -2.16. The number of Topliss-reactive ketones (excluding diaryl/α,β-unsaturated/α-hetero) is 1. The average molecular weight is 382 g/mol. The molecule has 0 fully saturated rings. The van der Waals surface area contributed by atoms with E-state index in [2.05, 4.69) is 34.6 Å². The van der Waals surface area contributed by atoms with Crippen LogP contribution in [-0.2, 0) is 0 Å². The highest BCUT2D eigenvalue weighted by Gasteiger charge is 2.17. The molecule has 0 amide bonds. The maximum atomic E-state index is 12.9. The number of benzene rings is 3. The maximum absolute atomic E-state index is 12.9. The molecule has 29 heavy (non-hydrogen) atoms. The van der Waals surface area contributed by atoms with E-state index in [1.165, 1.54) is 5.39 Å². The summed E-state index contributed by atoms with van der Waals surface area (Å²) in [5, 5.41) is 5.88. The number of hydrogen-bond donors (Lipinski definition) is 1. The van der Waals surface area contributed by atoms with Crippen molar-refractivity contribution in [2.24, 2.45) is 0 Å². The molecule has 4 nitrogen and oxygen atoms in total. The Kier molecular flexibility index (Phi) is 5.52. The smallest absolute Gasteiger partial charge is 0.165 e. The van der Waals surface area contributed by atoms with Crippen molar-refractivity contribution in [3.05, 3.63) is 102 Å². The van der Waals surface area contributed by atoms with E-state index >= 15 is 0 Å². The van der Waals surface area contributed by atoms with E-state index < -0.39 is 0 Å². The summed E-state index contributed by atoms with van der Waals surface area (Å²) in [6, 6.07) is 25.5. The topological polar surface area (TPSA) is 51.2 Å². The van der Waals surface area contributed by atoms with Crippen LogP contribution < -0.4 is 10.1 Å². The molecule has 0 aliphatic carbocycles. The van der Waals surface area contributed by atoms with Gasteiger partial charge in [-0.2, -0.15) is 0 Å². The molecule has 0 radical (unpaired) electrons. The molecule has 0 unspecified atom stereocenters. The predicted molar refractivity (Wildman–Crippen MR) is 116 cm³/mol. The Morgan fingerprint density at radius 2 is 1.66 bits per heavy atom. The molecule has 0 saturated carbocycles. The van der Waals surface area contributed by atoms with Gasteiger partial charge >= 0.3 is 0 Å². The summed E-state index contributed by atoms with van der Waals surface area (Å²) in [7, 11) is 1.61. The van der Waals surface area contributed by atoms with E-state index in [0.29, 0.717) is 12.0 Å². The van der Waals surface area contributed by atoms with Crippen molar-refractivity contribution in [3.63, 3.8) is 0 Å². The second kappa shape index (κ2) is 8.57. The number of carbonyl (C=O) groups is 1. The van der Waals surface area contributed by atoms with Gasteiger partial charge in [-0.3, -0.25) is 9.78 Å². The minimum absolute atomic E-state index is 0.0720. The maximum Gasteiger partial charge on any atom is 0.165 e. The van der Waals surface area contributed by atoms with Gasteiger partial charge in [-0.05, 0) is 64.9 Å². The Hall–Kier alpha value is -3.66. The number of ketones is 1. The highest BCUT2D eigenvalue weighted by Crippen LogP contribution is 2.27. The summed E-state index contributed by atoms with van der Waals surface area (Å²) in [6.07, 6.45) is 3.84. The Balaban J connectivity index is 1.59. The second-order valence-electron chi connectivity index (χ2n) is 6.90. The molecular formula is C25H22N2O2. The molecule has 144 valence electrons. The zero-order valence-electron chi connectivity index (χ0n) is 16.2. The monoisotopic (exact) mass is 382 g/mol. The normalized spacial score (nSPS) is 11.8. The molecule has 4 rings (SSSR count). The number of rotatable bonds is 7. The fourth-order valence-corrected chi connectivity index (χ4v) is 3.41. The van der Waals surface area contributed by atoms with Gasteiger partial charge in [0.05, 0.1) is 13.2 Å². The van der Waals surface area contributed by atoms with Crippen molar-refractivity contribution in [2.45, 2.75) is 12.5 Å². The fourth-order valence-electron chi connectivity index (χ4n) is 3.41. The van der Waals surface area contributed by atoms with Crippen LogP contribution in [0.3, 0.4) is 0 Å². The fraction of sp³-hybridized carbons (Fsp3) is 0.120. The van der Waals surface area contributed by atoms with Crippen LogP contribution in [0.5, 0.6) is 5.75 Å². The summed E-state index contributed by atoms with van der Waals surface area (Å²) in [5.41, 5.74) is 2.67.